The average Bonchev–Trinajstić information content (AvgIpc) is 2.27. The van der Waals surface area contributed by atoms with Gasteiger partial charge in [0.1, 0.15) is 6.10 Å². The van der Waals surface area contributed by atoms with Crippen LogP contribution in [0.2, 0.25) is 0 Å². The van der Waals surface area contributed by atoms with Crippen LogP contribution < -0.4 is 5.73 Å². The van der Waals surface area contributed by atoms with Gasteiger partial charge in [0.15, 0.2) is 0 Å². The minimum Gasteiger partial charge on any atom is -0.385 e. The second-order valence-corrected chi connectivity index (χ2v) is 3.58. The van der Waals surface area contributed by atoms with E-state index in [-0.39, 0.29) is 6.54 Å². The summed E-state index contributed by atoms with van der Waals surface area (Å²) >= 11 is 0. The molecule has 0 saturated carbocycles. The van der Waals surface area contributed by atoms with Gasteiger partial charge in [0.05, 0.1) is 11.2 Å². The third kappa shape index (κ3) is 1.95. The predicted molar refractivity (Wildman–Crippen MR) is 58.3 cm³/mol. The van der Waals surface area contributed by atoms with Gasteiger partial charge in [-0.05, 0) is 25.1 Å². The van der Waals surface area contributed by atoms with Crippen LogP contribution in [0.1, 0.15) is 17.4 Å². The molecule has 15 heavy (non-hydrogen) atoms. The number of benzene rings is 1. The molecule has 4 nitrogen and oxygen atoms in total. The molecule has 3 N–H and O–H groups in total. The number of aromatic nitrogens is 2. The molecule has 1 aromatic heterocycles. The maximum absolute atomic E-state index is 9.53. The van der Waals surface area contributed by atoms with E-state index in [0.717, 1.165) is 16.5 Å². The Balaban J connectivity index is 2.54. The summed E-state index contributed by atoms with van der Waals surface area (Å²) in [7, 11) is 0. The first-order chi connectivity index (χ1) is 7.20. The molecule has 0 aliphatic heterocycles. The van der Waals surface area contributed by atoms with Gasteiger partial charge < -0.3 is 10.8 Å². The first-order valence-corrected chi connectivity index (χ1v) is 4.83. The van der Waals surface area contributed by atoms with Crippen LogP contribution >= 0.6 is 0 Å². The molecule has 0 radical (unpaired) electrons. The van der Waals surface area contributed by atoms with Gasteiger partial charge in [-0.25, -0.2) is 0 Å². The summed E-state index contributed by atoms with van der Waals surface area (Å²) in [6.45, 7) is 2.17. The lowest BCUT2D eigenvalue weighted by atomic mass is 10.1. The van der Waals surface area contributed by atoms with Crippen molar-refractivity contribution in [3.63, 3.8) is 0 Å². The molecule has 78 valence electrons. The molecule has 0 saturated heterocycles. The van der Waals surface area contributed by atoms with Crippen molar-refractivity contribution in [3.8, 4) is 0 Å². The number of fused-ring (bicyclic) bond motifs is 1. The number of aryl methyl sites for hydroxylation is 1. The Kier molecular flexibility index (Phi) is 2.62. The molecule has 0 fully saturated rings. The van der Waals surface area contributed by atoms with Gasteiger partial charge in [-0.15, -0.1) is 0 Å². The molecule has 0 bridgehead atoms. The Labute approximate surface area is 87.7 Å². The van der Waals surface area contributed by atoms with Crippen LogP contribution in [0.25, 0.3) is 10.9 Å². The van der Waals surface area contributed by atoms with E-state index in [4.69, 9.17) is 5.73 Å². The summed E-state index contributed by atoms with van der Waals surface area (Å²) in [6.07, 6.45) is -0.734. The number of hydrogen-bond donors (Lipinski definition) is 2. The number of aliphatic hydroxyl groups excluding tert-OH is 1. The highest BCUT2D eigenvalue weighted by atomic mass is 16.3. The summed E-state index contributed by atoms with van der Waals surface area (Å²) in [4.78, 5) is 0. The highest BCUT2D eigenvalue weighted by molar-refractivity contribution is 5.78. The minimum atomic E-state index is -0.734. The standard InChI is InChI=1S/C11H13N3O/c1-7-2-3-9-8(4-7)5-10(14-13-9)11(15)6-12/h2-5,11,15H,6,12H2,1H3. The normalized spacial score (nSPS) is 13.0. The van der Waals surface area contributed by atoms with E-state index in [1.54, 1.807) is 0 Å². The fraction of sp³-hybridized carbons (Fsp3) is 0.273. The number of aliphatic hydroxyl groups is 1. The van der Waals surface area contributed by atoms with Crippen LogP contribution in [0.15, 0.2) is 24.3 Å². The van der Waals surface area contributed by atoms with Crippen LogP contribution in [-0.4, -0.2) is 21.8 Å². The van der Waals surface area contributed by atoms with Crippen LogP contribution in [0.5, 0.6) is 0 Å². The average molecular weight is 203 g/mol. The monoisotopic (exact) mass is 203 g/mol. The topological polar surface area (TPSA) is 72.0 Å². The van der Waals surface area contributed by atoms with Crippen molar-refractivity contribution in [3.05, 3.63) is 35.5 Å². The second-order valence-electron chi connectivity index (χ2n) is 3.58. The van der Waals surface area contributed by atoms with Gasteiger partial charge in [0, 0.05) is 11.9 Å². The quantitative estimate of drug-likeness (QED) is 0.761. The van der Waals surface area contributed by atoms with Crippen molar-refractivity contribution in [2.75, 3.05) is 6.54 Å². The van der Waals surface area contributed by atoms with E-state index in [1.165, 1.54) is 0 Å². The van der Waals surface area contributed by atoms with Gasteiger partial charge in [0.2, 0.25) is 0 Å². The first kappa shape index (κ1) is 10.0. The lowest BCUT2D eigenvalue weighted by molar-refractivity contribution is 0.181. The number of nitrogens with zero attached hydrogens (tertiary/aromatic N) is 2. The first-order valence-electron chi connectivity index (χ1n) is 4.83. The Morgan fingerprint density at radius 3 is 2.87 bits per heavy atom. The van der Waals surface area contributed by atoms with Gasteiger partial charge in [-0.1, -0.05) is 11.6 Å². The largest absolute Gasteiger partial charge is 0.385 e. The van der Waals surface area contributed by atoms with E-state index >= 15 is 0 Å². The molecule has 0 aliphatic carbocycles. The van der Waals surface area contributed by atoms with Crippen molar-refractivity contribution >= 4 is 10.9 Å². The highest BCUT2D eigenvalue weighted by Crippen LogP contribution is 2.16. The molecule has 4 heteroatoms. The zero-order chi connectivity index (χ0) is 10.8. The smallest absolute Gasteiger partial charge is 0.110 e. The van der Waals surface area contributed by atoms with Crippen molar-refractivity contribution in [2.45, 2.75) is 13.0 Å². The molecule has 0 amide bonds. The molecule has 1 unspecified atom stereocenters. The van der Waals surface area contributed by atoms with Crippen LogP contribution in [0, 0.1) is 6.92 Å². The SMILES string of the molecule is Cc1ccc2nnc(C(O)CN)cc2c1. The predicted octanol–water partition coefficient (Wildman–Crippen LogP) is 0.930. The Morgan fingerprint density at radius 1 is 1.33 bits per heavy atom. The summed E-state index contributed by atoms with van der Waals surface area (Å²) in [5.41, 5.74) is 7.87. The molecule has 1 heterocycles. The van der Waals surface area contributed by atoms with Crippen molar-refractivity contribution < 1.29 is 5.11 Å². The molecule has 1 atom stereocenters. The second kappa shape index (κ2) is 3.92. The van der Waals surface area contributed by atoms with E-state index in [2.05, 4.69) is 10.2 Å². The lowest BCUT2D eigenvalue weighted by Gasteiger charge is -2.06. The molecular formula is C11H13N3O. The number of nitrogens with two attached hydrogens (primary N) is 1. The fourth-order valence-corrected chi connectivity index (χ4v) is 1.46. The molecule has 0 spiro atoms. The van der Waals surface area contributed by atoms with Gasteiger partial charge in [-0.2, -0.15) is 10.2 Å². The van der Waals surface area contributed by atoms with Crippen LogP contribution in [-0.2, 0) is 0 Å². The molecule has 2 aromatic rings. The van der Waals surface area contributed by atoms with Gasteiger partial charge in [-0.3, -0.25) is 0 Å². The maximum atomic E-state index is 9.53. The Morgan fingerprint density at radius 2 is 2.13 bits per heavy atom. The molecular weight excluding hydrogens is 190 g/mol. The number of rotatable bonds is 2. The van der Waals surface area contributed by atoms with Crippen LogP contribution in [0.4, 0.5) is 0 Å². The van der Waals surface area contributed by atoms with Crippen LogP contribution in [0.3, 0.4) is 0 Å². The highest BCUT2D eigenvalue weighted by Gasteiger charge is 2.08. The third-order valence-corrected chi connectivity index (χ3v) is 2.32. The van der Waals surface area contributed by atoms with Crippen molar-refractivity contribution in [1.29, 1.82) is 0 Å². The maximum Gasteiger partial charge on any atom is 0.110 e. The minimum absolute atomic E-state index is 0.159. The molecule has 2 rings (SSSR count). The molecule has 0 aliphatic rings. The van der Waals surface area contributed by atoms with Crippen molar-refractivity contribution in [1.82, 2.24) is 10.2 Å². The van der Waals surface area contributed by atoms with Gasteiger partial charge in [0.25, 0.3) is 0 Å². The van der Waals surface area contributed by atoms with Crippen molar-refractivity contribution in [2.24, 2.45) is 5.73 Å². The lowest BCUT2D eigenvalue weighted by Crippen LogP contribution is -2.13. The summed E-state index contributed by atoms with van der Waals surface area (Å²) in [6, 6.07) is 7.73. The zero-order valence-electron chi connectivity index (χ0n) is 8.51. The fourth-order valence-electron chi connectivity index (χ4n) is 1.46. The molecule has 1 aromatic carbocycles. The van der Waals surface area contributed by atoms with E-state index < -0.39 is 6.10 Å². The Bertz CT molecular complexity index is 484. The Hall–Kier alpha value is -1.52. The zero-order valence-corrected chi connectivity index (χ0v) is 8.51. The number of hydrogen-bond acceptors (Lipinski definition) is 4. The van der Waals surface area contributed by atoms with E-state index in [9.17, 15) is 5.11 Å². The van der Waals surface area contributed by atoms with Gasteiger partial charge >= 0.3 is 0 Å². The van der Waals surface area contributed by atoms with E-state index in [0.29, 0.717) is 5.69 Å². The van der Waals surface area contributed by atoms with E-state index in [1.807, 2.05) is 31.2 Å². The third-order valence-electron chi connectivity index (χ3n) is 2.32. The summed E-state index contributed by atoms with van der Waals surface area (Å²) in [5, 5.41) is 18.5. The summed E-state index contributed by atoms with van der Waals surface area (Å²) < 4.78 is 0. The summed E-state index contributed by atoms with van der Waals surface area (Å²) in [5.74, 6) is 0.